The van der Waals surface area contributed by atoms with Gasteiger partial charge in [0.05, 0.1) is 0 Å². The summed E-state index contributed by atoms with van der Waals surface area (Å²) < 4.78 is 0. The Morgan fingerprint density at radius 2 is 1.60 bits per heavy atom. The van der Waals surface area contributed by atoms with Crippen LogP contribution in [-0.4, -0.2) is 36.9 Å². The number of nitrogens with zero attached hydrogens (tertiary/aromatic N) is 1. The fourth-order valence-electron chi connectivity index (χ4n) is 1.85. The first-order chi connectivity index (χ1) is 9.12. The number of hydrogen-bond donors (Lipinski definition) is 1. The van der Waals surface area contributed by atoms with E-state index in [1.165, 1.54) is 10.5 Å². The van der Waals surface area contributed by atoms with Crippen molar-refractivity contribution >= 4 is 11.8 Å². The van der Waals surface area contributed by atoms with Gasteiger partial charge in [-0.25, -0.2) is 0 Å². The predicted octanol–water partition coefficient (Wildman–Crippen LogP) is 2.19. The lowest BCUT2D eigenvalue weighted by Crippen LogP contribution is -2.44. The van der Waals surface area contributed by atoms with Crippen LogP contribution in [0, 0.1) is 0 Å². The minimum atomic E-state index is -0.528. The highest BCUT2D eigenvalue weighted by Crippen LogP contribution is 2.22. The molecule has 1 atom stereocenters. The molecule has 0 fully saturated rings. The fourth-order valence-corrected chi connectivity index (χ4v) is 1.85. The molecule has 1 N–H and O–H groups in total. The van der Waals surface area contributed by atoms with Crippen molar-refractivity contribution in [1.29, 1.82) is 0 Å². The summed E-state index contributed by atoms with van der Waals surface area (Å²) in [5, 5.41) is 2.71. The molecule has 0 spiro atoms. The monoisotopic (exact) mass is 276 g/mol. The zero-order valence-electron chi connectivity index (χ0n) is 13.2. The van der Waals surface area contributed by atoms with Gasteiger partial charge in [-0.05, 0) is 30.0 Å². The van der Waals surface area contributed by atoms with Crippen molar-refractivity contribution in [2.24, 2.45) is 0 Å². The first-order valence-corrected chi connectivity index (χ1v) is 6.75. The molecule has 0 aliphatic heterocycles. The van der Waals surface area contributed by atoms with Gasteiger partial charge >= 0.3 is 0 Å². The number of nitrogens with one attached hydrogen (secondary N) is 1. The van der Waals surface area contributed by atoms with E-state index < -0.39 is 6.04 Å². The lowest BCUT2D eigenvalue weighted by Gasteiger charge is -2.20. The Morgan fingerprint density at radius 1 is 1.10 bits per heavy atom. The molecule has 1 aromatic rings. The van der Waals surface area contributed by atoms with Crippen molar-refractivity contribution < 1.29 is 9.59 Å². The first-order valence-electron chi connectivity index (χ1n) is 6.75. The number of amides is 2. The van der Waals surface area contributed by atoms with Gasteiger partial charge in [-0.1, -0.05) is 32.9 Å². The normalized spacial score (nSPS) is 12.7. The number of likely N-dealkylation sites (N-methyl/N-ethyl adjacent to an activating group) is 1. The number of carbonyl (C=O) groups excluding carboxylic acids is 2. The molecule has 0 bridgehead atoms. The minimum Gasteiger partial charge on any atom is -0.347 e. The van der Waals surface area contributed by atoms with Crippen LogP contribution in [0.3, 0.4) is 0 Å². The molecule has 1 aromatic carbocycles. The summed E-state index contributed by atoms with van der Waals surface area (Å²) in [5.41, 5.74) is 1.80. The summed E-state index contributed by atoms with van der Waals surface area (Å²) in [7, 11) is 3.34. The zero-order valence-corrected chi connectivity index (χ0v) is 13.2. The molecule has 0 saturated carbocycles. The van der Waals surface area contributed by atoms with Crippen molar-refractivity contribution in [3.63, 3.8) is 0 Å². The second-order valence-electron chi connectivity index (χ2n) is 6.26. The maximum Gasteiger partial charge on any atom is 0.251 e. The molecule has 0 radical (unpaired) electrons. The summed E-state index contributed by atoms with van der Waals surface area (Å²) in [6, 6.07) is 6.96. The molecule has 1 unspecified atom stereocenters. The minimum absolute atomic E-state index is 0.0587. The van der Waals surface area contributed by atoms with Crippen LogP contribution in [0.1, 0.15) is 43.6 Å². The Hall–Kier alpha value is -1.84. The summed E-state index contributed by atoms with van der Waals surface area (Å²) in [6.07, 6.45) is 0. The van der Waals surface area contributed by atoms with Crippen LogP contribution in [0.2, 0.25) is 0 Å². The second-order valence-corrected chi connectivity index (χ2v) is 6.26. The molecule has 0 aliphatic rings. The summed E-state index contributed by atoms with van der Waals surface area (Å²) in [4.78, 5) is 25.2. The number of hydrogen-bond acceptors (Lipinski definition) is 2. The van der Waals surface area contributed by atoms with Crippen LogP contribution >= 0.6 is 0 Å². The van der Waals surface area contributed by atoms with Gasteiger partial charge in [-0.15, -0.1) is 0 Å². The molecule has 2 amide bonds. The second kappa shape index (κ2) is 6.07. The predicted molar refractivity (Wildman–Crippen MR) is 80.8 cm³/mol. The topological polar surface area (TPSA) is 49.4 Å². The highest BCUT2D eigenvalue weighted by molar-refractivity contribution is 5.97. The molecule has 20 heavy (non-hydrogen) atoms. The third kappa shape index (κ3) is 4.08. The first kappa shape index (κ1) is 16.2. The van der Waals surface area contributed by atoms with Gasteiger partial charge in [0, 0.05) is 19.7 Å². The molecule has 0 saturated heterocycles. The van der Waals surface area contributed by atoms with Gasteiger partial charge in [0.2, 0.25) is 5.91 Å². The molecular formula is C16H24N2O2. The third-order valence-corrected chi connectivity index (χ3v) is 3.17. The van der Waals surface area contributed by atoms with Gasteiger partial charge in [-0.3, -0.25) is 9.59 Å². The Labute approximate surface area is 121 Å². The molecule has 110 valence electrons. The van der Waals surface area contributed by atoms with Gasteiger partial charge < -0.3 is 10.2 Å². The van der Waals surface area contributed by atoms with E-state index in [9.17, 15) is 9.59 Å². The van der Waals surface area contributed by atoms with E-state index in [0.29, 0.717) is 5.56 Å². The Morgan fingerprint density at radius 3 is 2.00 bits per heavy atom. The van der Waals surface area contributed by atoms with Crippen molar-refractivity contribution in [3.8, 4) is 0 Å². The SMILES string of the molecule is CC(NC(=O)c1ccc(C(C)(C)C)cc1)C(=O)N(C)C. The fraction of sp³-hybridized carbons (Fsp3) is 0.500. The highest BCUT2D eigenvalue weighted by atomic mass is 16.2. The maximum atomic E-state index is 12.1. The van der Waals surface area contributed by atoms with Crippen molar-refractivity contribution in [3.05, 3.63) is 35.4 Å². The van der Waals surface area contributed by atoms with Gasteiger partial charge in [0.15, 0.2) is 0 Å². The smallest absolute Gasteiger partial charge is 0.251 e. The molecule has 4 nitrogen and oxygen atoms in total. The number of benzene rings is 1. The van der Waals surface area contributed by atoms with E-state index in [-0.39, 0.29) is 17.2 Å². The standard InChI is InChI=1S/C16H24N2O2/c1-11(15(20)18(5)6)17-14(19)12-7-9-13(10-8-12)16(2,3)4/h7-11H,1-6H3,(H,17,19). The van der Waals surface area contributed by atoms with Gasteiger partial charge in [0.25, 0.3) is 5.91 Å². The van der Waals surface area contributed by atoms with Crippen molar-refractivity contribution in [2.45, 2.75) is 39.2 Å². The van der Waals surface area contributed by atoms with Crippen LogP contribution in [0.15, 0.2) is 24.3 Å². The molecule has 0 heterocycles. The molecule has 4 heteroatoms. The van der Waals surface area contributed by atoms with E-state index in [2.05, 4.69) is 26.1 Å². The van der Waals surface area contributed by atoms with E-state index >= 15 is 0 Å². The molecular weight excluding hydrogens is 252 g/mol. The lowest BCUT2D eigenvalue weighted by molar-refractivity contribution is -0.130. The Balaban J connectivity index is 2.76. The summed E-state index contributed by atoms with van der Waals surface area (Å²) in [6.45, 7) is 8.06. The van der Waals surface area contributed by atoms with Gasteiger partial charge in [0.1, 0.15) is 6.04 Å². The Bertz CT molecular complexity index is 484. The average Bonchev–Trinajstić information content (AvgIpc) is 2.36. The molecule has 0 aromatic heterocycles. The highest BCUT2D eigenvalue weighted by Gasteiger charge is 2.19. The van der Waals surface area contributed by atoms with E-state index in [1.807, 2.05) is 12.1 Å². The lowest BCUT2D eigenvalue weighted by atomic mass is 9.86. The van der Waals surface area contributed by atoms with Crippen LogP contribution in [0.4, 0.5) is 0 Å². The van der Waals surface area contributed by atoms with E-state index in [0.717, 1.165) is 0 Å². The van der Waals surface area contributed by atoms with Crippen molar-refractivity contribution in [1.82, 2.24) is 10.2 Å². The van der Waals surface area contributed by atoms with E-state index in [1.54, 1.807) is 33.2 Å². The zero-order chi connectivity index (χ0) is 15.5. The Kier molecular flexibility index (Phi) is 4.93. The van der Waals surface area contributed by atoms with Gasteiger partial charge in [-0.2, -0.15) is 0 Å². The third-order valence-electron chi connectivity index (χ3n) is 3.17. The van der Waals surface area contributed by atoms with Crippen LogP contribution < -0.4 is 5.32 Å². The quantitative estimate of drug-likeness (QED) is 0.920. The maximum absolute atomic E-state index is 12.1. The average molecular weight is 276 g/mol. The van der Waals surface area contributed by atoms with E-state index in [4.69, 9.17) is 0 Å². The molecule has 0 aliphatic carbocycles. The summed E-state index contributed by atoms with van der Waals surface area (Å²) in [5.74, 6) is -0.349. The molecule has 1 rings (SSSR count). The number of rotatable bonds is 3. The number of carbonyl (C=O) groups is 2. The van der Waals surface area contributed by atoms with Crippen LogP contribution in [0.5, 0.6) is 0 Å². The van der Waals surface area contributed by atoms with Crippen LogP contribution in [0.25, 0.3) is 0 Å². The van der Waals surface area contributed by atoms with Crippen molar-refractivity contribution in [2.75, 3.05) is 14.1 Å². The summed E-state index contributed by atoms with van der Waals surface area (Å²) >= 11 is 0. The van der Waals surface area contributed by atoms with Crippen LogP contribution in [-0.2, 0) is 10.2 Å². The largest absolute Gasteiger partial charge is 0.347 e.